The van der Waals surface area contributed by atoms with Gasteiger partial charge in [-0.15, -0.1) is 11.3 Å². The van der Waals surface area contributed by atoms with E-state index in [4.69, 9.17) is 9.47 Å². The maximum atomic E-state index is 14.1. The van der Waals surface area contributed by atoms with Crippen LogP contribution in [0.25, 0.3) is 0 Å². The second-order valence-corrected chi connectivity index (χ2v) is 10.7. The molecule has 1 N–H and O–H groups in total. The van der Waals surface area contributed by atoms with Crippen molar-refractivity contribution in [2.24, 2.45) is 5.92 Å². The molecule has 2 heterocycles. The summed E-state index contributed by atoms with van der Waals surface area (Å²) in [7, 11) is 1.61. The number of esters is 1. The molecule has 4 rings (SSSR count). The van der Waals surface area contributed by atoms with E-state index >= 15 is 0 Å². The van der Waals surface area contributed by atoms with Crippen LogP contribution in [0.4, 0.5) is 33.5 Å². The maximum Gasteiger partial charge on any atom is 0.357 e. The number of halogens is 5. The number of benzene rings is 2. The molecule has 3 aromatic rings. The van der Waals surface area contributed by atoms with E-state index in [1.807, 2.05) is 38.1 Å². The Hall–Kier alpha value is -3.45. The first-order chi connectivity index (χ1) is 19.1. The third kappa shape index (κ3) is 6.64. The van der Waals surface area contributed by atoms with Gasteiger partial charge in [0.15, 0.2) is 10.7 Å². The number of carbonyl (C=O) groups excluding carboxylic acids is 1. The molecule has 0 bridgehead atoms. The summed E-state index contributed by atoms with van der Waals surface area (Å²) in [6.45, 7) is 7.81. The largest absolute Gasteiger partial charge is 0.497 e. The molecule has 1 saturated heterocycles. The van der Waals surface area contributed by atoms with Crippen molar-refractivity contribution in [3.8, 4) is 11.5 Å². The van der Waals surface area contributed by atoms with E-state index in [0.717, 1.165) is 42.3 Å². The fourth-order valence-electron chi connectivity index (χ4n) is 4.13. The summed E-state index contributed by atoms with van der Waals surface area (Å²) in [4.78, 5) is 21.7. The molecular weight excluding hydrogens is 555 g/mol. The predicted octanol–water partition coefficient (Wildman–Crippen LogP) is 5.85. The van der Waals surface area contributed by atoms with Crippen LogP contribution in [-0.4, -0.2) is 55.7 Å². The van der Waals surface area contributed by atoms with Gasteiger partial charge in [-0.1, -0.05) is 13.8 Å². The number of methoxy groups -OCH3 is 1. The molecule has 0 unspecified atom stereocenters. The monoisotopic (exact) mass is 584 g/mol. The Labute approximate surface area is 232 Å². The van der Waals surface area contributed by atoms with Crippen LogP contribution in [0, 0.1) is 35.0 Å². The quantitative estimate of drug-likeness (QED) is 0.106. The highest BCUT2D eigenvalue weighted by Gasteiger charge is 2.31. The zero-order chi connectivity index (χ0) is 29.0. The van der Waals surface area contributed by atoms with E-state index in [2.05, 4.69) is 20.1 Å². The Bertz CT molecular complexity index is 1320. The average molecular weight is 585 g/mol. The molecule has 1 aliphatic heterocycles. The summed E-state index contributed by atoms with van der Waals surface area (Å²) in [5, 5.41) is 3.57. The van der Waals surface area contributed by atoms with Crippen LogP contribution in [0.15, 0.2) is 24.3 Å². The first kappa shape index (κ1) is 29.5. The Balaban J connectivity index is 1.48. The Kier molecular flexibility index (Phi) is 9.46. The standard InChI is InChI=1S/C27H29F5N4O3S/c1-15(2)8-9-33-26-25(27(37)39-24-22(31)20(29)19(28)21(30)23(24)32)40-18(34-26)14-35-10-12-36(13-11-35)16-4-6-17(38-3)7-5-16/h4-7,15,33H,8-14H2,1-3H3. The average Bonchev–Trinajstić information content (AvgIpc) is 3.35. The van der Waals surface area contributed by atoms with E-state index in [9.17, 15) is 26.7 Å². The van der Waals surface area contributed by atoms with Crippen molar-refractivity contribution in [2.45, 2.75) is 26.8 Å². The van der Waals surface area contributed by atoms with Crippen molar-refractivity contribution in [3.05, 3.63) is 63.2 Å². The van der Waals surface area contributed by atoms with Crippen molar-refractivity contribution in [1.29, 1.82) is 0 Å². The van der Waals surface area contributed by atoms with Gasteiger partial charge in [0.1, 0.15) is 10.8 Å². The minimum Gasteiger partial charge on any atom is -0.497 e. The smallest absolute Gasteiger partial charge is 0.357 e. The zero-order valence-corrected chi connectivity index (χ0v) is 23.0. The van der Waals surface area contributed by atoms with Gasteiger partial charge in [0.25, 0.3) is 0 Å². The summed E-state index contributed by atoms with van der Waals surface area (Å²) >= 11 is 0.940. The van der Waals surface area contributed by atoms with Crippen molar-refractivity contribution < 1.29 is 36.2 Å². The molecule has 1 fully saturated rings. The third-order valence-corrected chi connectivity index (χ3v) is 7.42. The number of nitrogens with one attached hydrogen (secondary N) is 1. The number of thiazole rings is 1. The molecule has 0 saturated carbocycles. The second-order valence-electron chi connectivity index (χ2n) is 9.64. The molecule has 0 radical (unpaired) electrons. The lowest BCUT2D eigenvalue weighted by Crippen LogP contribution is -2.45. The molecule has 216 valence electrons. The molecule has 0 aliphatic carbocycles. The molecule has 2 aromatic carbocycles. The first-order valence-corrected chi connectivity index (χ1v) is 13.5. The minimum atomic E-state index is -2.34. The van der Waals surface area contributed by atoms with Crippen LogP contribution in [-0.2, 0) is 6.54 Å². The summed E-state index contributed by atoms with van der Waals surface area (Å²) < 4.78 is 78.8. The molecule has 0 amide bonds. The van der Waals surface area contributed by atoms with Crippen LogP contribution in [0.3, 0.4) is 0 Å². The van der Waals surface area contributed by atoms with E-state index in [0.29, 0.717) is 37.1 Å². The lowest BCUT2D eigenvalue weighted by molar-refractivity contribution is 0.0721. The number of ether oxygens (including phenoxy) is 2. The van der Waals surface area contributed by atoms with Gasteiger partial charge >= 0.3 is 5.97 Å². The minimum absolute atomic E-state index is 0.125. The SMILES string of the molecule is COc1ccc(N2CCN(Cc3nc(NCCC(C)C)c(C(=O)Oc4c(F)c(F)c(F)c(F)c4F)s3)CC2)cc1. The van der Waals surface area contributed by atoms with Gasteiger partial charge in [-0.3, -0.25) is 4.90 Å². The number of hydrogen-bond donors (Lipinski definition) is 1. The van der Waals surface area contributed by atoms with Gasteiger partial charge in [0, 0.05) is 38.4 Å². The third-order valence-electron chi connectivity index (χ3n) is 6.40. The molecule has 0 spiro atoms. The van der Waals surface area contributed by atoms with E-state index < -0.39 is 40.8 Å². The Morgan fingerprint density at radius 2 is 1.57 bits per heavy atom. The van der Waals surface area contributed by atoms with Crippen LogP contribution in [0.1, 0.15) is 34.9 Å². The van der Waals surface area contributed by atoms with Crippen molar-refractivity contribution in [3.63, 3.8) is 0 Å². The van der Waals surface area contributed by atoms with Crippen molar-refractivity contribution in [2.75, 3.05) is 50.1 Å². The molecule has 40 heavy (non-hydrogen) atoms. The molecule has 13 heteroatoms. The molecule has 7 nitrogen and oxygen atoms in total. The summed E-state index contributed by atoms with van der Waals surface area (Å²) in [5.41, 5.74) is 1.07. The number of nitrogens with zero attached hydrogens (tertiary/aromatic N) is 3. The Morgan fingerprint density at radius 3 is 2.15 bits per heavy atom. The predicted molar refractivity (Wildman–Crippen MR) is 142 cm³/mol. The van der Waals surface area contributed by atoms with Crippen LogP contribution >= 0.6 is 11.3 Å². The van der Waals surface area contributed by atoms with Gasteiger partial charge in [-0.25, -0.2) is 22.9 Å². The Morgan fingerprint density at radius 1 is 0.975 bits per heavy atom. The summed E-state index contributed by atoms with van der Waals surface area (Å²) in [6.07, 6.45) is 0.742. The van der Waals surface area contributed by atoms with E-state index in [1.165, 1.54) is 0 Å². The van der Waals surface area contributed by atoms with Gasteiger partial charge in [0.05, 0.1) is 13.7 Å². The normalized spacial score (nSPS) is 14.1. The van der Waals surface area contributed by atoms with Gasteiger partial charge in [-0.2, -0.15) is 8.78 Å². The fraction of sp³-hybridized carbons (Fsp3) is 0.407. The molecule has 0 atom stereocenters. The van der Waals surface area contributed by atoms with Gasteiger partial charge < -0.3 is 19.7 Å². The van der Waals surface area contributed by atoms with E-state index in [-0.39, 0.29) is 10.7 Å². The number of rotatable bonds is 10. The molecule has 1 aliphatic rings. The topological polar surface area (TPSA) is 66.9 Å². The highest BCUT2D eigenvalue weighted by molar-refractivity contribution is 7.14. The molecule has 1 aromatic heterocycles. The summed E-state index contributed by atoms with van der Waals surface area (Å²) in [5.74, 6) is -12.9. The maximum absolute atomic E-state index is 14.1. The molecular formula is C27H29F5N4O3S. The van der Waals surface area contributed by atoms with Gasteiger partial charge in [-0.05, 0) is 36.6 Å². The number of piperazine rings is 1. The lowest BCUT2D eigenvalue weighted by Gasteiger charge is -2.35. The number of anilines is 2. The van der Waals surface area contributed by atoms with Crippen molar-refractivity contribution >= 4 is 28.8 Å². The van der Waals surface area contributed by atoms with Crippen LogP contribution in [0.5, 0.6) is 11.5 Å². The lowest BCUT2D eigenvalue weighted by atomic mass is 10.1. The number of aromatic nitrogens is 1. The number of hydrogen-bond acceptors (Lipinski definition) is 8. The summed E-state index contributed by atoms with van der Waals surface area (Å²) in [6, 6.07) is 7.79. The fourth-order valence-corrected chi connectivity index (χ4v) is 5.09. The van der Waals surface area contributed by atoms with E-state index in [1.54, 1.807) is 7.11 Å². The van der Waals surface area contributed by atoms with Gasteiger partial charge in [0.2, 0.25) is 34.8 Å². The zero-order valence-electron chi connectivity index (χ0n) is 22.2. The first-order valence-electron chi connectivity index (χ1n) is 12.7. The highest BCUT2D eigenvalue weighted by Crippen LogP contribution is 2.32. The van der Waals surface area contributed by atoms with Crippen LogP contribution < -0.4 is 19.7 Å². The number of carbonyl (C=O) groups is 1. The second kappa shape index (κ2) is 12.8. The van der Waals surface area contributed by atoms with Crippen LogP contribution in [0.2, 0.25) is 0 Å². The highest BCUT2D eigenvalue weighted by atomic mass is 32.1. The van der Waals surface area contributed by atoms with Crippen molar-refractivity contribution in [1.82, 2.24) is 9.88 Å².